The average molecular weight is 433 g/mol. The van der Waals surface area contributed by atoms with Gasteiger partial charge in [0, 0.05) is 23.5 Å². The molecule has 2 heterocycles. The number of Topliss-reactive ketones (excluding diaryl/α,β-unsaturated/α-hetero) is 1. The van der Waals surface area contributed by atoms with Crippen LogP contribution in [-0.2, 0) is 4.79 Å². The highest BCUT2D eigenvalue weighted by molar-refractivity contribution is 6.36. The van der Waals surface area contributed by atoms with Crippen molar-refractivity contribution in [1.82, 2.24) is 4.98 Å². The number of rotatable bonds is 3. The Labute approximate surface area is 181 Å². The quantitative estimate of drug-likeness (QED) is 0.429. The van der Waals surface area contributed by atoms with Crippen LogP contribution in [0.5, 0.6) is 0 Å². The minimum atomic E-state index is -1.17. The van der Waals surface area contributed by atoms with Gasteiger partial charge < -0.3 is 16.2 Å². The van der Waals surface area contributed by atoms with Crippen LogP contribution in [0, 0.1) is 5.82 Å². The van der Waals surface area contributed by atoms with Crippen LogP contribution >= 0.6 is 0 Å². The summed E-state index contributed by atoms with van der Waals surface area (Å²) >= 11 is 0. The molecule has 9 heteroatoms. The fourth-order valence-electron chi connectivity index (χ4n) is 2.82. The summed E-state index contributed by atoms with van der Waals surface area (Å²) in [5.41, 5.74) is 5.91. The van der Waals surface area contributed by atoms with Crippen LogP contribution in [0.1, 0.15) is 36.6 Å². The molecule has 0 bridgehead atoms. The second kappa shape index (κ2) is 9.43. The van der Waals surface area contributed by atoms with E-state index in [1.165, 1.54) is 54.9 Å². The second-order valence-electron chi connectivity index (χ2n) is 6.56. The van der Waals surface area contributed by atoms with E-state index >= 15 is 0 Å². The van der Waals surface area contributed by atoms with Crippen molar-refractivity contribution in [2.24, 2.45) is 5.73 Å². The fraction of sp³-hybridized carbons (Fsp3) is 0. The number of nitrogens with two attached hydrogens (primary N) is 1. The van der Waals surface area contributed by atoms with E-state index in [1.807, 2.05) is 0 Å². The standard InChI is InChI=1S/C17H10FNO4.C6H6N2O/c18-11-3-1-2-9(6-11)7-13-15(20)12-8-10(17(22)23)4-5-14(12)19-16(13)21;7-6(9)5-1-3-8-4-2-5/h1-8H,(H,19,21)(H,22,23);1-4H,(H2,7,9)/b13-7-;. The van der Waals surface area contributed by atoms with Gasteiger partial charge in [-0.3, -0.25) is 19.4 Å². The van der Waals surface area contributed by atoms with Crippen molar-refractivity contribution in [3.63, 3.8) is 0 Å². The van der Waals surface area contributed by atoms with Gasteiger partial charge in [-0.05, 0) is 54.1 Å². The van der Waals surface area contributed by atoms with E-state index in [1.54, 1.807) is 18.2 Å². The van der Waals surface area contributed by atoms with Crippen LogP contribution in [0.2, 0.25) is 0 Å². The number of carbonyl (C=O) groups is 4. The first-order chi connectivity index (χ1) is 15.3. The van der Waals surface area contributed by atoms with Crippen LogP contribution in [0.3, 0.4) is 0 Å². The summed E-state index contributed by atoms with van der Waals surface area (Å²) in [6.07, 6.45) is 4.33. The van der Waals surface area contributed by atoms with Gasteiger partial charge in [-0.25, -0.2) is 9.18 Å². The Morgan fingerprint density at radius 1 is 1.00 bits per heavy atom. The highest BCUT2D eigenvalue weighted by atomic mass is 19.1. The summed E-state index contributed by atoms with van der Waals surface area (Å²) in [5.74, 6) is -3.30. The zero-order valence-electron chi connectivity index (χ0n) is 16.4. The monoisotopic (exact) mass is 433 g/mol. The summed E-state index contributed by atoms with van der Waals surface area (Å²) < 4.78 is 13.2. The number of nitrogens with zero attached hydrogens (tertiary/aromatic N) is 1. The van der Waals surface area contributed by atoms with Gasteiger partial charge in [0.15, 0.2) is 0 Å². The van der Waals surface area contributed by atoms with E-state index in [2.05, 4.69) is 10.3 Å². The topological polar surface area (TPSA) is 139 Å². The highest BCUT2D eigenvalue weighted by Crippen LogP contribution is 2.27. The lowest BCUT2D eigenvalue weighted by Gasteiger charge is -2.18. The summed E-state index contributed by atoms with van der Waals surface area (Å²) in [6.45, 7) is 0. The van der Waals surface area contributed by atoms with Crippen molar-refractivity contribution < 1.29 is 28.7 Å². The van der Waals surface area contributed by atoms with E-state index in [9.17, 15) is 23.6 Å². The lowest BCUT2D eigenvalue weighted by atomic mass is 9.94. The maximum Gasteiger partial charge on any atom is 0.335 e. The van der Waals surface area contributed by atoms with E-state index in [4.69, 9.17) is 10.8 Å². The van der Waals surface area contributed by atoms with Crippen molar-refractivity contribution in [1.29, 1.82) is 0 Å². The molecule has 1 aliphatic rings. The molecule has 0 aliphatic carbocycles. The summed E-state index contributed by atoms with van der Waals surface area (Å²) in [6, 6.07) is 12.5. The molecule has 4 N–H and O–H groups in total. The maximum atomic E-state index is 13.2. The molecule has 0 radical (unpaired) electrons. The number of benzene rings is 2. The molecule has 0 saturated heterocycles. The minimum absolute atomic E-state index is 0.0571. The first-order valence-electron chi connectivity index (χ1n) is 9.16. The molecule has 0 saturated carbocycles. The highest BCUT2D eigenvalue weighted by Gasteiger charge is 2.29. The van der Waals surface area contributed by atoms with Gasteiger partial charge in [-0.15, -0.1) is 0 Å². The fourth-order valence-corrected chi connectivity index (χ4v) is 2.82. The predicted octanol–water partition coefficient (Wildman–Crippen LogP) is 2.92. The Balaban J connectivity index is 0.000000269. The zero-order chi connectivity index (χ0) is 23.3. The van der Waals surface area contributed by atoms with E-state index in [0.717, 1.165) is 0 Å². The molecule has 2 aromatic carbocycles. The van der Waals surface area contributed by atoms with Crippen LogP contribution in [0.25, 0.3) is 6.08 Å². The normalized spacial score (nSPS) is 13.5. The number of ketones is 1. The van der Waals surface area contributed by atoms with Crippen molar-refractivity contribution in [2.75, 3.05) is 5.32 Å². The van der Waals surface area contributed by atoms with Crippen LogP contribution in [-0.4, -0.2) is 33.7 Å². The van der Waals surface area contributed by atoms with Gasteiger partial charge in [-0.1, -0.05) is 12.1 Å². The van der Waals surface area contributed by atoms with Gasteiger partial charge in [-0.2, -0.15) is 0 Å². The smallest absolute Gasteiger partial charge is 0.335 e. The Hall–Kier alpha value is -4.66. The number of carboxylic acid groups (broad SMARTS) is 1. The number of hydrogen-bond donors (Lipinski definition) is 3. The number of aromatic nitrogens is 1. The molecule has 0 atom stereocenters. The number of halogens is 1. The molecule has 0 fully saturated rings. The third-order valence-electron chi connectivity index (χ3n) is 4.37. The number of amides is 2. The molecule has 32 heavy (non-hydrogen) atoms. The number of nitrogens with one attached hydrogen (secondary N) is 1. The number of anilines is 1. The number of primary amides is 1. The van der Waals surface area contributed by atoms with E-state index in [0.29, 0.717) is 11.1 Å². The van der Waals surface area contributed by atoms with Crippen molar-refractivity contribution in [2.45, 2.75) is 0 Å². The van der Waals surface area contributed by atoms with E-state index < -0.39 is 29.4 Å². The van der Waals surface area contributed by atoms with Crippen LogP contribution < -0.4 is 11.1 Å². The molecule has 2 amide bonds. The van der Waals surface area contributed by atoms with Gasteiger partial charge in [0.2, 0.25) is 11.7 Å². The Morgan fingerprint density at radius 3 is 2.31 bits per heavy atom. The number of carboxylic acids is 1. The SMILES string of the molecule is NC(=O)c1ccncc1.O=C1Nc2ccc(C(=O)O)cc2C(=O)/C1=C/c1cccc(F)c1. The minimum Gasteiger partial charge on any atom is -0.478 e. The number of fused-ring (bicyclic) bond motifs is 1. The molecule has 160 valence electrons. The maximum absolute atomic E-state index is 13.2. The molecule has 0 unspecified atom stereocenters. The van der Waals surface area contributed by atoms with E-state index in [-0.39, 0.29) is 22.4 Å². The predicted molar refractivity (Wildman–Crippen MR) is 113 cm³/mol. The first-order valence-corrected chi connectivity index (χ1v) is 9.16. The number of carbonyl (C=O) groups excluding carboxylic acids is 3. The molecule has 0 spiro atoms. The molecule has 8 nitrogen and oxygen atoms in total. The summed E-state index contributed by atoms with van der Waals surface area (Å²) in [5, 5.41) is 11.5. The molecule has 1 aromatic heterocycles. The third kappa shape index (κ3) is 5.08. The number of hydrogen-bond acceptors (Lipinski definition) is 5. The average Bonchev–Trinajstić information content (AvgIpc) is 2.77. The van der Waals surface area contributed by atoms with Crippen LogP contribution in [0.15, 0.2) is 72.6 Å². The Bertz CT molecular complexity index is 1260. The molecule has 1 aliphatic heterocycles. The first kappa shape index (κ1) is 22.0. The lowest BCUT2D eigenvalue weighted by Crippen LogP contribution is -2.27. The number of pyridine rings is 1. The van der Waals surface area contributed by atoms with Crippen molar-refractivity contribution in [3.8, 4) is 0 Å². The molecule has 4 rings (SSSR count). The van der Waals surface area contributed by atoms with Crippen molar-refractivity contribution in [3.05, 3.63) is 101 Å². The molecule has 3 aromatic rings. The van der Waals surface area contributed by atoms with Crippen molar-refractivity contribution >= 4 is 35.3 Å². The summed E-state index contributed by atoms with van der Waals surface area (Å²) in [4.78, 5) is 49.7. The molecular weight excluding hydrogens is 417 g/mol. The van der Waals surface area contributed by atoms with Gasteiger partial charge in [0.05, 0.1) is 16.8 Å². The van der Waals surface area contributed by atoms with Crippen LogP contribution in [0.4, 0.5) is 10.1 Å². The zero-order valence-corrected chi connectivity index (χ0v) is 16.4. The van der Waals surface area contributed by atoms with Gasteiger partial charge >= 0.3 is 5.97 Å². The lowest BCUT2D eigenvalue weighted by molar-refractivity contribution is -0.112. The third-order valence-corrected chi connectivity index (χ3v) is 4.37. The van der Waals surface area contributed by atoms with Gasteiger partial charge in [0.25, 0.3) is 5.91 Å². The largest absolute Gasteiger partial charge is 0.478 e. The molecular formula is C23H16FN3O5. The van der Waals surface area contributed by atoms with Gasteiger partial charge in [0.1, 0.15) is 5.82 Å². The number of aromatic carboxylic acids is 1. The second-order valence-corrected chi connectivity index (χ2v) is 6.56. The Kier molecular flexibility index (Phi) is 6.50. The summed E-state index contributed by atoms with van der Waals surface area (Å²) in [7, 11) is 0. The Morgan fingerprint density at radius 2 is 1.72 bits per heavy atom.